The minimum atomic E-state index is -4.91. The highest BCUT2D eigenvalue weighted by Crippen LogP contribution is 2.37. The molecule has 1 unspecified atom stereocenters. The summed E-state index contributed by atoms with van der Waals surface area (Å²) in [5.41, 5.74) is 0.694. The number of carbonyl (C=O) groups is 1. The molecule has 2 heterocycles. The lowest BCUT2D eigenvalue weighted by atomic mass is 10.0. The lowest BCUT2D eigenvalue weighted by Gasteiger charge is -2.27. The molecular formula is C16H14ClF3N4O3. The van der Waals surface area contributed by atoms with Crippen LogP contribution in [0.3, 0.4) is 0 Å². The summed E-state index contributed by atoms with van der Waals surface area (Å²) in [6.45, 7) is 0.344. The zero-order chi connectivity index (χ0) is 19.6. The number of carbonyl (C=O) groups excluding carboxylic acids is 1. The van der Waals surface area contributed by atoms with Crippen molar-refractivity contribution in [3.05, 3.63) is 46.9 Å². The van der Waals surface area contributed by atoms with Crippen LogP contribution in [0.25, 0.3) is 0 Å². The van der Waals surface area contributed by atoms with E-state index < -0.39 is 30.2 Å². The highest BCUT2D eigenvalue weighted by Gasteiger charge is 2.41. The maximum atomic E-state index is 12.6. The van der Waals surface area contributed by atoms with Gasteiger partial charge in [-0.15, -0.1) is 0 Å². The molecular weight excluding hydrogens is 389 g/mol. The van der Waals surface area contributed by atoms with Gasteiger partial charge in [0.25, 0.3) is 0 Å². The molecule has 11 heteroatoms. The topological polar surface area (TPSA) is 96.4 Å². The van der Waals surface area contributed by atoms with Gasteiger partial charge in [0.05, 0.1) is 17.7 Å². The summed E-state index contributed by atoms with van der Waals surface area (Å²) >= 11 is 6.07. The first-order valence-corrected chi connectivity index (χ1v) is 8.20. The molecule has 0 fully saturated rings. The Morgan fingerprint density at radius 3 is 2.89 bits per heavy atom. The second-order valence-electron chi connectivity index (χ2n) is 5.69. The quantitative estimate of drug-likeness (QED) is 0.731. The molecule has 144 valence electrons. The number of aliphatic hydroxyl groups excluding tert-OH is 1. The number of para-hydroxylation sites is 1. The Labute approximate surface area is 156 Å². The van der Waals surface area contributed by atoms with Gasteiger partial charge in [-0.3, -0.25) is 5.32 Å². The SMILES string of the molecule is O=C(Nc1ccnc(C(O)C(F)(F)F)n1)N[C@H]1CCOc2c(Cl)cccc21. The smallest absolute Gasteiger partial charge is 0.421 e. The fourth-order valence-electron chi connectivity index (χ4n) is 2.57. The fraction of sp³-hybridized carbons (Fsp3) is 0.312. The molecule has 2 amide bonds. The average Bonchev–Trinajstić information content (AvgIpc) is 2.61. The van der Waals surface area contributed by atoms with Crippen LogP contribution < -0.4 is 15.4 Å². The summed E-state index contributed by atoms with van der Waals surface area (Å²) in [7, 11) is 0. The molecule has 0 radical (unpaired) electrons. The predicted molar refractivity (Wildman–Crippen MR) is 89.5 cm³/mol. The molecule has 27 heavy (non-hydrogen) atoms. The van der Waals surface area contributed by atoms with E-state index in [9.17, 15) is 23.1 Å². The van der Waals surface area contributed by atoms with Gasteiger partial charge in [0, 0.05) is 18.2 Å². The number of hydrogen-bond donors (Lipinski definition) is 3. The van der Waals surface area contributed by atoms with E-state index in [1.165, 1.54) is 6.07 Å². The summed E-state index contributed by atoms with van der Waals surface area (Å²) < 4.78 is 43.2. The summed E-state index contributed by atoms with van der Waals surface area (Å²) in [5.74, 6) is -0.559. The Balaban J connectivity index is 1.70. The molecule has 3 rings (SSSR count). The first kappa shape index (κ1) is 19.2. The van der Waals surface area contributed by atoms with Gasteiger partial charge in [-0.2, -0.15) is 13.2 Å². The van der Waals surface area contributed by atoms with Gasteiger partial charge in [0.15, 0.2) is 5.82 Å². The van der Waals surface area contributed by atoms with Gasteiger partial charge in [0.1, 0.15) is 11.6 Å². The van der Waals surface area contributed by atoms with Crippen molar-refractivity contribution in [3.63, 3.8) is 0 Å². The van der Waals surface area contributed by atoms with Crippen LogP contribution in [-0.4, -0.2) is 33.9 Å². The molecule has 7 nitrogen and oxygen atoms in total. The van der Waals surface area contributed by atoms with E-state index >= 15 is 0 Å². The Bertz CT molecular complexity index is 850. The maximum Gasteiger partial charge on any atom is 0.421 e. The van der Waals surface area contributed by atoms with E-state index in [1.807, 2.05) is 0 Å². The highest BCUT2D eigenvalue weighted by molar-refractivity contribution is 6.32. The van der Waals surface area contributed by atoms with Crippen molar-refractivity contribution in [2.45, 2.75) is 24.7 Å². The molecule has 1 aliphatic heterocycles. The molecule has 0 saturated heterocycles. The van der Waals surface area contributed by atoms with Crippen LogP contribution in [0.2, 0.25) is 5.02 Å². The number of halogens is 4. The van der Waals surface area contributed by atoms with Crippen molar-refractivity contribution in [3.8, 4) is 5.75 Å². The molecule has 0 saturated carbocycles. The lowest BCUT2D eigenvalue weighted by Crippen LogP contribution is -2.35. The van der Waals surface area contributed by atoms with Crippen LogP contribution in [0.4, 0.5) is 23.8 Å². The summed E-state index contributed by atoms with van der Waals surface area (Å²) in [5, 5.41) is 14.6. The van der Waals surface area contributed by atoms with Crippen LogP contribution in [0.5, 0.6) is 5.75 Å². The summed E-state index contributed by atoms with van der Waals surface area (Å²) in [4.78, 5) is 19.1. The van der Waals surface area contributed by atoms with Gasteiger partial charge >= 0.3 is 12.2 Å². The number of benzene rings is 1. The maximum absolute atomic E-state index is 12.6. The van der Waals surface area contributed by atoms with E-state index in [4.69, 9.17) is 16.3 Å². The molecule has 0 bridgehead atoms. The number of hydrogen-bond acceptors (Lipinski definition) is 5. The fourth-order valence-corrected chi connectivity index (χ4v) is 2.81. The Morgan fingerprint density at radius 2 is 2.15 bits per heavy atom. The third-order valence-corrected chi connectivity index (χ3v) is 4.10. The van der Waals surface area contributed by atoms with Crippen molar-refractivity contribution in [2.75, 3.05) is 11.9 Å². The van der Waals surface area contributed by atoms with E-state index in [0.29, 0.717) is 29.4 Å². The van der Waals surface area contributed by atoms with Crippen molar-refractivity contribution < 1.29 is 27.8 Å². The number of urea groups is 1. The summed E-state index contributed by atoms with van der Waals surface area (Å²) in [6, 6.07) is 5.28. The molecule has 0 spiro atoms. The number of nitrogens with zero attached hydrogens (tertiary/aromatic N) is 2. The molecule has 0 aliphatic carbocycles. The van der Waals surface area contributed by atoms with E-state index in [2.05, 4.69) is 20.6 Å². The number of alkyl halides is 3. The lowest BCUT2D eigenvalue weighted by molar-refractivity contribution is -0.209. The minimum Gasteiger partial charge on any atom is -0.492 e. The Morgan fingerprint density at radius 1 is 1.37 bits per heavy atom. The Hall–Kier alpha value is -2.59. The number of anilines is 1. The standard InChI is InChI=1S/C16H14ClF3N4O3/c17-9-3-1-2-8-10(5-7-27-12(8)9)22-15(26)24-11-4-6-21-14(23-11)13(25)16(18,19)20/h1-4,6,10,13,25H,5,7H2,(H2,21,22,23,24,26)/t10-,13?/m0/s1. The number of aromatic nitrogens is 2. The van der Waals surface area contributed by atoms with Crippen LogP contribution in [0.1, 0.15) is 30.0 Å². The third kappa shape index (κ3) is 4.40. The second kappa shape index (κ2) is 7.57. The molecule has 2 aromatic rings. The largest absolute Gasteiger partial charge is 0.492 e. The van der Waals surface area contributed by atoms with Gasteiger partial charge in [-0.05, 0) is 12.1 Å². The van der Waals surface area contributed by atoms with Crippen LogP contribution in [0.15, 0.2) is 30.5 Å². The van der Waals surface area contributed by atoms with Crippen LogP contribution in [0, 0.1) is 0 Å². The number of nitrogens with one attached hydrogen (secondary N) is 2. The summed E-state index contributed by atoms with van der Waals surface area (Å²) in [6.07, 6.45) is -6.25. The molecule has 1 aliphatic rings. The molecule has 3 N–H and O–H groups in total. The van der Waals surface area contributed by atoms with Crippen molar-refractivity contribution in [1.82, 2.24) is 15.3 Å². The van der Waals surface area contributed by atoms with Crippen LogP contribution in [-0.2, 0) is 0 Å². The monoisotopic (exact) mass is 402 g/mol. The van der Waals surface area contributed by atoms with Gasteiger partial charge < -0.3 is 15.2 Å². The zero-order valence-corrected chi connectivity index (χ0v) is 14.4. The zero-order valence-electron chi connectivity index (χ0n) is 13.6. The van der Waals surface area contributed by atoms with E-state index in [0.717, 1.165) is 6.20 Å². The first-order valence-electron chi connectivity index (χ1n) is 7.82. The van der Waals surface area contributed by atoms with Crippen LogP contribution >= 0.6 is 11.6 Å². The normalized spacial score (nSPS) is 17.4. The van der Waals surface area contributed by atoms with Crippen molar-refractivity contribution in [2.24, 2.45) is 0 Å². The number of fused-ring (bicyclic) bond motifs is 1. The number of aliphatic hydroxyl groups is 1. The predicted octanol–water partition coefficient (Wildman–Crippen LogP) is 3.37. The third-order valence-electron chi connectivity index (χ3n) is 3.80. The van der Waals surface area contributed by atoms with Crippen molar-refractivity contribution in [1.29, 1.82) is 0 Å². The molecule has 2 atom stereocenters. The van der Waals surface area contributed by atoms with Gasteiger partial charge in [-0.25, -0.2) is 14.8 Å². The van der Waals surface area contributed by atoms with Gasteiger partial charge in [0.2, 0.25) is 6.10 Å². The Kier molecular flexibility index (Phi) is 5.38. The average molecular weight is 403 g/mol. The van der Waals surface area contributed by atoms with E-state index in [-0.39, 0.29) is 5.82 Å². The number of amides is 2. The molecule has 1 aromatic heterocycles. The number of ether oxygens (including phenoxy) is 1. The highest BCUT2D eigenvalue weighted by atomic mass is 35.5. The van der Waals surface area contributed by atoms with Gasteiger partial charge in [-0.1, -0.05) is 23.7 Å². The van der Waals surface area contributed by atoms with Crippen molar-refractivity contribution >= 4 is 23.4 Å². The first-order chi connectivity index (χ1) is 12.8. The minimum absolute atomic E-state index is 0.181. The van der Waals surface area contributed by atoms with E-state index in [1.54, 1.807) is 18.2 Å². The number of rotatable bonds is 3. The molecule has 1 aromatic carbocycles. The second-order valence-corrected chi connectivity index (χ2v) is 6.10.